The van der Waals surface area contributed by atoms with E-state index >= 15 is 0 Å². The van der Waals surface area contributed by atoms with Crippen LogP contribution < -0.4 is 14.8 Å². The summed E-state index contributed by atoms with van der Waals surface area (Å²) in [5.41, 5.74) is 1.80. The second-order valence-electron chi connectivity index (χ2n) is 6.13. The standard InChI is InChI=1S/C22H24N2O3/c1-3-27-20-12-8-18(9-13-20)23-22(25)16-21(24-14-4-5-15-24)17-6-10-19(26-2)11-7-17/h4-15,21H,3,16H2,1-2H3,(H,23,25)/t21-/m1/s1. The summed E-state index contributed by atoms with van der Waals surface area (Å²) in [7, 11) is 1.64. The van der Waals surface area contributed by atoms with E-state index in [9.17, 15) is 4.79 Å². The molecule has 140 valence electrons. The fraction of sp³-hybridized carbons (Fsp3) is 0.227. The molecule has 0 spiro atoms. The number of hydrogen-bond donors (Lipinski definition) is 1. The lowest BCUT2D eigenvalue weighted by Gasteiger charge is -2.20. The van der Waals surface area contributed by atoms with Gasteiger partial charge in [-0.1, -0.05) is 12.1 Å². The maximum atomic E-state index is 12.6. The maximum Gasteiger partial charge on any atom is 0.226 e. The van der Waals surface area contributed by atoms with Crippen molar-refractivity contribution in [2.24, 2.45) is 0 Å². The summed E-state index contributed by atoms with van der Waals surface area (Å²) in [5.74, 6) is 1.54. The van der Waals surface area contributed by atoms with Gasteiger partial charge in [-0.15, -0.1) is 0 Å². The zero-order chi connectivity index (χ0) is 19.1. The molecule has 0 aliphatic heterocycles. The van der Waals surface area contributed by atoms with Gasteiger partial charge in [0.05, 0.1) is 26.2 Å². The van der Waals surface area contributed by atoms with Crippen LogP contribution in [0.5, 0.6) is 11.5 Å². The Morgan fingerprint density at radius 2 is 1.63 bits per heavy atom. The lowest BCUT2D eigenvalue weighted by molar-refractivity contribution is -0.116. The Morgan fingerprint density at radius 3 is 2.22 bits per heavy atom. The number of amides is 1. The molecule has 5 heteroatoms. The number of carbonyl (C=O) groups is 1. The largest absolute Gasteiger partial charge is 0.497 e. The summed E-state index contributed by atoms with van der Waals surface area (Å²) >= 11 is 0. The molecule has 0 radical (unpaired) electrons. The second-order valence-corrected chi connectivity index (χ2v) is 6.13. The summed E-state index contributed by atoms with van der Waals surface area (Å²) in [5, 5.41) is 2.96. The molecule has 1 heterocycles. The van der Waals surface area contributed by atoms with Crippen molar-refractivity contribution in [1.82, 2.24) is 4.57 Å². The average molecular weight is 364 g/mol. The number of anilines is 1. The molecule has 5 nitrogen and oxygen atoms in total. The maximum absolute atomic E-state index is 12.6. The van der Waals surface area contributed by atoms with Crippen molar-refractivity contribution in [1.29, 1.82) is 0 Å². The lowest BCUT2D eigenvalue weighted by Crippen LogP contribution is -2.19. The Balaban J connectivity index is 1.72. The Morgan fingerprint density at radius 1 is 1.00 bits per heavy atom. The van der Waals surface area contributed by atoms with Gasteiger partial charge in [0.15, 0.2) is 0 Å². The van der Waals surface area contributed by atoms with Gasteiger partial charge in [-0.3, -0.25) is 4.79 Å². The molecular weight excluding hydrogens is 340 g/mol. The van der Waals surface area contributed by atoms with E-state index in [0.717, 1.165) is 22.7 Å². The van der Waals surface area contributed by atoms with Gasteiger partial charge in [-0.2, -0.15) is 0 Å². The first kappa shape index (κ1) is 18.6. The van der Waals surface area contributed by atoms with Crippen LogP contribution in [-0.4, -0.2) is 24.2 Å². The molecule has 3 aromatic rings. The Hall–Kier alpha value is -3.21. The van der Waals surface area contributed by atoms with E-state index in [-0.39, 0.29) is 11.9 Å². The number of benzene rings is 2. The van der Waals surface area contributed by atoms with E-state index in [1.54, 1.807) is 7.11 Å². The van der Waals surface area contributed by atoms with Crippen molar-refractivity contribution in [3.63, 3.8) is 0 Å². The zero-order valence-electron chi connectivity index (χ0n) is 15.6. The molecular formula is C22H24N2O3. The van der Waals surface area contributed by atoms with Crippen LogP contribution in [0.25, 0.3) is 0 Å². The van der Waals surface area contributed by atoms with Gasteiger partial charge in [0.2, 0.25) is 5.91 Å². The smallest absolute Gasteiger partial charge is 0.226 e. The van der Waals surface area contributed by atoms with Crippen LogP contribution in [0, 0.1) is 0 Å². The van der Waals surface area contributed by atoms with Gasteiger partial charge < -0.3 is 19.4 Å². The Labute approximate surface area is 159 Å². The molecule has 1 N–H and O–H groups in total. The molecule has 0 aliphatic carbocycles. The Kier molecular flexibility index (Phi) is 6.15. The summed E-state index contributed by atoms with van der Waals surface area (Å²) in [6.07, 6.45) is 4.27. The quantitative estimate of drug-likeness (QED) is 0.640. The number of rotatable bonds is 8. The predicted octanol–water partition coefficient (Wildman–Crippen LogP) is 4.51. The van der Waals surface area contributed by atoms with Gasteiger partial charge in [0.25, 0.3) is 0 Å². The highest BCUT2D eigenvalue weighted by Crippen LogP contribution is 2.25. The minimum atomic E-state index is -0.0893. The monoisotopic (exact) mass is 364 g/mol. The molecule has 3 rings (SSSR count). The minimum absolute atomic E-state index is 0.0475. The van der Waals surface area contributed by atoms with E-state index in [4.69, 9.17) is 9.47 Å². The van der Waals surface area contributed by atoms with Crippen molar-refractivity contribution >= 4 is 11.6 Å². The SMILES string of the molecule is CCOc1ccc(NC(=O)C[C@H](c2ccc(OC)cc2)n2cccc2)cc1. The van der Waals surface area contributed by atoms with Crippen molar-refractivity contribution in [3.8, 4) is 11.5 Å². The van der Waals surface area contributed by atoms with Crippen LogP contribution in [0.1, 0.15) is 24.9 Å². The number of aromatic nitrogens is 1. The van der Waals surface area contributed by atoms with Gasteiger partial charge >= 0.3 is 0 Å². The van der Waals surface area contributed by atoms with E-state index in [0.29, 0.717) is 13.0 Å². The van der Waals surface area contributed by atoms with Crippen LogP contribution in [0.15, 0.2) is 73.1 Å². The third-order valence-corrected chi connectivity index (χ3v) is 4.32. The van der Waals surface area contributed by atoms with Crippen molar-refractivity contribution < 1.29 is 14.3 Å². The third kappa shape index (κ3) is 4.91. The molecule has 0 bridgehead atoms. The summed E-state index contributed by atoms with van der Waals surface area (Å²) in [4.78, 5) is 12.6. The first-order valence-corrected chi connectivity index (χ1v) is 8.98. The molecule has 1 atom stereocenters. The number of carbonyl (C=O) groups excluding carboxylic acids is 1. The lowest BCUT2D eigenvalue weighted by atomic mass is 10.0. The fourth-order valence-electron chi connectivity index (χ4n) is 2.97. The molecule has 0 saturated carbocycles. The highest BCUT2D eigenvalue weighted by molar-refractivity contribution is 5.91. The number of nitrogens with one attached hydrogen (secondary N) is 1. The van der Waals surface area contributed by atoms with E-state index in [2.05, 4.69) is 5.32 Å². The van der Waals surface area contributed by atoms with Crippen LogP contribution in [0.4, 0.5) is 5.69 Å². The summed E-state index contributed by atoms with van der Waals surface area (Å²) in [6, 6.07) is 19.0. The average Bonchev–Trinajstić information content (AvgIpc) is 3.22. The van der Waals surface area contributed by atoms with Crippen LogP contribution in [0.3, 0.4) is 0 Å². The number of ether oxygens (including phenoxy) is 2. The normalized spacial score (nSPS) is 11.6. The first-order valence-electron chi connectivity index (χ1n) is 8.98. The number of methoxy groups -OCH3 is 1. The van der Waals surface area contributed by atoms with E-state index < -0.39 is 0 Å². The fourth-order valence-corrected chi connectivity index (χ4v) is 2.97. The number of nitrogens with zero attached hydrogens (tertiary/aromatic N) is 1. The van der Waals surface area contributed by atoms with E-state index in [1.165, 1.54) is 0 Å². The van der Waals surface area contributed by atoms with Crippen molar-refractivity contribution in [3.05, 3.63) is 78.6 Å². The molecule has 1 amide bonds. The zero-order valence-corrected chi connectivity index (χ0v) is 15.6. The predicted molar refractivity (Wildman–Crippen MR) is 106 cm³/mol. The van der Waals surface area contributed by atoms with Gasteiger partial charge in [0.1, 0.15) is 11.5 Å². The molecule has 27 heavy (non-hydrogen) atoms. The number of hydrogen-bond acceptors (Lipinski definition) is 3. The molecule has 0 unspecified atom stereocenters. The third-order valence-electron chi connectivity index (χ3n) is 4.32. The van der Waals surface area contributed by atoms with Crippen LogP contribution >= 0.6 is 0 Å². The first-order chi connectivity index (χ1) is 13.2. The Bertz CT molecular complexity index is 840. The topological polar surface area (TPSA) is 52.5 Å². The molecule has 2 aromatic carbocycles. The highest BCUT2D eigenvalue weighted by atomic mass is 16.5. The van der Waals surface area contributed by atoms with Crippen molar-refractivity contribution in [2.45, 2.75) is 19.4 Å². The summed E-state index contributed by atoms with van der Waals surface area (Å²) in [6.45, 7) is 2.56. The minimum Gasteiger partial charge on any atom is -0.497 e. The van der Waals surface area contributed by atoms with Gasteiger partial charge in [0, 0.05) is 18.1 Å². The molecule has 0 saturated heterocycles. The molecule has 0 aliphatic rings. The van der Waals surface area contributed by atoms with Crippen molar-refractivity contribution in [2.75, 3.05) is 19.0 Å². The summed E-state index contributed by atoms with van der Waals surface area (Å²) < 4.78 is 12.7. The molecule has 0 fully saturated rings. The molecule has 1 aromatic heterocycles. The van der Waals surface area contributed by atoms with Crippen LogP contribution in [0.2, 0.25) is 0 Å². The van der Waals surface area contributed by atoms with Crippen LogP contribution in [-0.2, 0) is 4.79 Å². The highest BCUT2D eigenvalue weighted by Gasteiger charge is 2.17. The van der Waals surface area contributed by atoms with Gasteiger partial charge in [-0.05, 0) is 61.0 Å². The second kappa shape index (κ2) is 8.94. The van der Waals surface area contributed by atoms with Gasteiger partial charge in [-0.25, -0.2) is 0 Å². The van der Waals surface area contributed by atoms with E-state index in [1.807, 2.05) is 84.5 Å².